The highest BCUT2D eigenvalue weighted by Gasteiger charge is 2.27. The molecular formula is C23H34O3. The summed E-state index contributed by atoms with van der Waals surface area (Å²) in [6, 6.07) is 8.54. The van der Waals surface area contributed by atoms with Crippen LogP contribution in [0, 0.1) is 5.92 Å². The molecule has 0 amide bonds. The van der Waals surface area contributed by atoms with Crippen molar-refractivity contribution in [3.8, 4) is 5.75 Å². The van der Waals surface area contributed by atoms with E-state index in [0.717, 1.165) is 44.5 Å². The average Bonchev–Trinajstić information content (AvgIpc) is 2.66. The van der Waals surface area contributed by atoms with Gasteiger partial charge in [-0.05, 0) is 68.6 Å². The number of carboxylic acids is 1. The van der Waals surface area contributed by atoms with Crippen LogP contribution in [0.3, 0.4) is 0 Å². The smallest absolute Gasteiger partial charge is 0.331 e. The standard InChI is InChI=1S/C23H34O3/c1-3-5-6-7-8-17-26-21-15-13-19(14-16-21)18-9-11-20(12-10-18)22(4-2)23(24)25/h4,13-16,18,20H,3,5-12,17H2,1-2H3,(H,24,25)/t18-,20-. The van der Waals surface area contributed by atoms with E-state index in [1.165, 1.54) is 31.2 Å². The lowest BCUT2D eigenvalue weighted by atomic mass is 9.76. The second-order valence-corrected chi connectivity index (χ2v) is 7.43. The van der Waals surface area contributed by atoms with Gasteiger partial charge in [0, 0.05) is 5.57 Å². The monoisotopic (exact) mass is 358 g/mol. The van der Waals surface area contributed by atoms with E-state index in [9.17, 15) is 9.90 Å². The SMILES string of the molecule is CC=C(C(=O)O)[C@H]1CC[C@H](c2ccc(OCCCCCCC)cc2)CC1. The Kier molecular flexibility index (Phi) is 8.73. The molecule has 0 atom stereocenters. The quantitative estimate of drug-likeness (QED) is 0.392. The summed E-state index contributed by atoms with van der Waals surface area (Å²) < 4.78 is 5.85. The van der Waals surface area contributed by atoms with Gasteiger partial charge in [-0.2, -0.15) is 0 Å². The van der Waals surface area contributed by atoms with Crippen LogP contribution in [0.4, 0.5) is 0 Å². The van der Waals surface area contributed by atoms with Crippen molar-refractivity contribution < 1.29 is 14.6 Å². The maximum Gasteiger partial charge on any atom is 0.331 e. The van der Waals surface area contributed by atoms with E-state index in [-0.39, 0.29) is 5.92 Å². The molecule has 0 saturated heterocycles. The second-order valence-electron chi connectivity index (χ2n) is 7.43. The van der Waals surface area contributed by atoms with Gasteiger partial charge >= 0.3 is 5.97 Å². The molecular weight excluding hydrogens is 324 g/mol. The predicted molar refractivity (Wildman–Crippen MR) is 107 cm³/mol. The third-order valence-electron chi connectivity index (χ3n) is 5.59. The van der Waals surface area contributed by atoms with Gasteiger partial charge in [-0.1, -0.05) is 50.8 Å². The van der Waals surface area contributed by atoms with Gasteiger partial charge < -0.3 is 9.84 Å². The first-order valence-corrected chi connectivity index (χ1v) is 10.3. The molecule has 1 N–H and O–H groups in total. The van der Waals surface area contributed by atoms with Crippen molar-refractivity contribution in [3.05, 3.63) is 41.5 Å². The number of carboxylic acid groups (broad SMARTS) is 1. The summed E-state index contributed by atoms with van der Waals surface area (Å²) in [5.41, 5.74) is 1.95. The number of ether oxygens (including phenoxy) is 1. The third kappa shape index (κ3) is 6.19. The normalized spacial score (nSPS) is 20.8. The summed E-state index contributed by atoms with van der Waals surface area (Å²) in [6.45, 7) is 4.86. The Morgan fingerprint density at radius 2 is 1.73 bits per heavy atom. The van der Waals surface area contributed by atoms with E-state index in [1.54, 1.807) is 6.08 Å². The van der Waals surface area contributed by atoms with Crippen LogP contribution in [-0.2, 0) is 4.79 Å². The molecule has 1 aliphatic rings. The zero-order chi connectivity index (χ0) is 18.8. The molecule has 0 spiro atoms. The van der Waals surface area contributed by atoms with Gasteiger partial charge in [0.2, 0.25) is 0 Å². The van der Waals surface area contributed by atoms with Crippen LogP contribution in [-0.4, -0.2) is 17.7 Å². The Morgan fingerprint density at radius 3 is 2.31 bits per heavy atom. The van der Waals surface area contributed by atoms with Crippen LogP contribution in [0.15, 0.2) is 35.9 Å². The van der Waals surface area contributed by atoms with Gasteiger partial charge in [0.25, 0.3) is 0 Å². The fourth-order valence-electron chi connectivity index (χ4n) is 4.00. The van der Waals surface area contributed by atoms with Gasteiger partial charge in [-0.15, -0.1) is 0 Å². The molecule has 144 valence electrons. The highest BCUT2D eigenvalue weighted by atomic mass is 16.5. The van der Waals surface area contributed by atoms with E-state index in [4.69, 9.17) is 4.74 Å². The summed E-state index contributed by atoms with van der Waals surface area (Å²) in [7, 11) is 0. The van der Waals surface area contributed by atoms with Crippen LogP contribution < -0.4 is 4.74 Å². The molecule has 0 aromatic heterocycles. The molecule has 1 aromatic rings. The Hall–Kier alpha value is -1.77. The molecule has 0 aliphatic heterocycles. The zero-order valence-electron chi connectivity index (χ0n) is 16.4. The van der Waals surface area contributed by atoms with E-state index >= 15 is 0 Å². The van der Waals surface area contributed by atoms with E-state index in [2.05, 4.69) is 31.2 Å². The number of allylic oxidation sites excluding steroid dienone is 1. The lowest BCUT2D eigenvalue weighted by Crippen LogP contribution is -2.19. The Morgan fingerprint density at radius 1 is 1.08 bits per heavy atom. The van der Waals surface area contributed by atoms with Crippen LogP contribution in [0.25, 0.3) is 0 Å². The van der Waals surface area contributed by atoms with Gasteiger partial charge in [0.1, 0.15) is 5.75 Å². The molecule has 2 rings (SSSR count). The first-order chi connectivity index (χ1) is 12.7. The summed E-state index contributed by atoms with van der Waals surface area (Å²) in [5, 5.41) is 9.29. The number of hydrogen-bond acceptors (Lipinski definition) is 2. The molecule has 3 heteroatoms. The largest absolute Gasteiger partial charge is 0.494 e. The number of unbranched alkanes of at least 4 members (excludes halogenated alkanes) is 4. The van der Waals surface area contributed by atoms with Gasteiger partial charge in [-0.25, -0.2) is 4.79 Å². The minimum atomic E-state index is -0.757. The van der Waals surface area contributed by atoms with Gasteiger partial charge in [0.05, 0.1) is 6.61 Å². The summed E-state index contributed by atoms with van der Waals surface area (Å²) in [6.07, 6.45) is 12.1. The minimum absolute atomic E-state index is 0.212. The number of hydrogen-bond donors (Lipinski definition) is 1. The van der Waals surface area contributed by atoms with Crippen molar-refractivity contribution in [1.29, 1.82) is 0 Å². The maximum atomic E-state index is 11.3. The zero-order valence-corrected chi connectivity index (χ0v) is 16.4. The van der Waals surface area contributed by atoms with E-state index < -0.39 is 5.97 Å². The van der Waals surface area contributed by atoms with Crippen LogP contribution in [0.1, 0.15) is 83.1 Å². The molecule has 26 heavy (non-hydrogen) atoms. The highest BCUT2D eigenvalue weighted by molar-refractivity contribution is 5.87. The lowest BCUT2D eigenvalue weighted by Gasteiger charge is -2.29. The fourth-order valence-corrected chi connectivity index (χ4v) is 4.00. The molecule has 0 unspecified atom stereocenters. The topological polar surface area (TPSA) is 46.5 Å². The number of rotatable bonds is 10. The van der Waals surface area contributed by atoms with Crippen molar-refractivity contribution in [2.45, 2.75) is 77.6 Å². The number of carbonyl (C=O) groups is 1. The first kappa shape index (κ1) is 20.5. The fraction of sp³-hybridized carbons (Fsp3) is 0.609. The number of aliphatic carboxylic acids is 1. The van der Waals surface area contributed by atoms with Crippen LogP contribution in [0.5, 0.6) is 5.75 Å². The van der Waals surface area contributed by atoms with E-state index in [0.29, 0.717) is 11.5 Å². The molecule has 1 aromatic carbocycles. The minimum Gasteiger partial charge on any atom is -0.494 e. The highest BCUT2D eigenvalue weighted by Crippen LogP contribution is 2.39. The van der Waals surface area contributed by atoms with Crippen molar-refractivity contribution >= 4 is 5.97 Å². The Balaban J connectivity index is 1.76. The van der Waals surface area contributed by atoms with Crippen molar-refractivity contribution in [1.82, 2.24) is 0 Å². The van der Waals surface area contributed by atoms with Crippen LogP contribution >= 0.6 is 0 Å². The summed E-state index contributed by atoms with van der Waals surface area (Å²) in [5.74, 6) is 0.956. The van der Waals surface area contributed by atoms with Crippen LogP contribution in [0.2, 0.25) is 0 Å². The van der Waals surface area contributed by atoms with Crippen molar-refractivity contribution in [3.63, 3.8) is 0 Å². The molecule has 1 aliphatic carbocycles. The number of benzene rings is 1. The first-order valence-electron chi connectivity index (χ1n) is 10.3. The molecule has 3 nitrogen and oxygen atoms in total. The van der Waals surface area contributed by atoms with Gasteiger partial charge in [-0.3, -0.25) is 0 Å². The molecule has 1 fully saturated rings. The molecule has 1 saturated carbocycles. The average molecular weight is 359 g/mol. The predicted octanol–water partition coefficient (Wildman–Crippen LogP) is 6.34. The Labute approximate surface area is 158 Å². The van der Waals surface area contributed by atoms with Crippen molar-refractivity contribution in [2.24, 2.45) is 5.92 Å². The Bertz CT molecular complexity index is 566. The molecule has 0 heterocycles. The lowest BCUT2D eigenvalue weighted by molar-refractivity contribution is -0.133. The summed E-state index contributed by atoms with van der Waals surface area (Å²) >= 11 is 0. The third-order valence-corrected chi connectivity index (χ3v) is 5.59. The molecule has 0 bridgehead atoms. The van der Waals surface area contributed by atoms with Crippen molar-refractivity contribution in [2.75, 3.05) is 6.61 Å². The van der Waals surface area contributed by atoms with Gasteiger partial charge in [0.15, 0.2) is 0 Å². The maximum absolute atomic E-state index is 11.3. The summed E-state index contributed by atoms with van der Waals surface area (Å²) in [4.78, 5) is 11.3. The van der Waals surface area contributed by atoms with E-state index in [1.807, 2.05) is 6.92 Å². The molecule has 0 radical (unpaired) electrons. The second kappa shape index (κ2) is 11.1.